The van der Waals surface area contributed by atoms with Gasteiger partial charge >= 0.3 is 0 Å². The van der Waals surface area contributed by atoms with Gasteiger partial charge in [0.05, 0.1) is 10.8 Å². The molecule has 18 heavy (non-hydrogen) atoms. The Balaban J connectivity index is 2.94. The number of alkyl halides is 2. The molecule has 0 saturated carbocycles. The smallest absolute Gasteiger partial charge is 0.169 e. The first-order valence-corrected chi connectivity index (χ1v) is 6.58. The first-order valence-electron chi connectivity index (χ1n) is 5.26. The summed E-state index contributed by atoms with van der Waals surface area (Å²) in [6.45, 7) is 2.64. The van der Waals surface area contributed by atoms with Crippen molar-refractivity contribution < 1.29 is 17.7 Å². The summed E-state index contributed by atoms with van der Waals surface area (Å²) in [5, 5.41) is 0. The Bertz CT molecular complexity index is 411. The van der Waals surface area contributed by atoms with E-state index in [0.717, 1.165) is 0 Å². The summed E-state index contributed by atoms with van der Waals surface area (Å²) >= 11 is 0. The monoisotopic (exact) mass is 275 g/mol. The fourth-order valence-electron chi connectivity index (χ4n) is 1.61. The lowest BCUT2D eigenvalue weighted by Gasteiger charge is -2.20. The molecule has 3 atom stereocenters. The highest BCUT2D eigenvalue weighted by atomic mass is 32.2. The van der Waals surface area contributed by atoms with E-state index in [4.69, 9.17) is 4.74 Å². The van der Waals surface area contributed by atoms with Gasteiger partial charge in [0.25, 0.3) is 0 Å². The SMILES string of the molecule is C=N[C@H](CF)[C@H](OC)c1ccc(S(=O)CF)cc1. The molecule has 0 aromatic heterocycles. The van der Waals surface area contributed by atoms with Crippen LogP contribution in [0.1, 0.15) is 11.7 Å². The Morgan fingerprint density at radius 3 is 2.39 bits per heavy atom. The highest BCUT2D eigenvalue weighted by Crippen LogP contribution is 2.24. The molecule has 0 N–H and O–H groups in total. The second kappa shape index (κ2) is 7.33. The maximum Gasteiger partial charge on any atom is 0.169 e. The second-order valence-corrected chi connectivity index (χ2v) is 4.96. The molecule has 0 saturated heterocycles. The number of rotatable bonds is 7. The van der Waals surface area contributed by atoms with Gasteiger partial charge in [0, 0.05) is 12.0 Å². The van der Waals surface area contributed by atoms with Gasteiger partial charge in [0.2, 0.25) is 0 Å². The number of halogens is 2. The van der Waals surface area contributed by atoms with Crippen molar-refractivity contribution in [2.45, 2.75) is 17.0 Å². The Morgan fingerprint density at radius 2 is 2.00 bits per heavy atom. The molecule has 0 aliphatic carbocycles. The van der Waals surface area contributed by atoms with E-state index in [1.54, 1.807) is 12.1 Å². The molecule has 0 amide bonds. The van der Waals surface area contributed by atoms with E-state index < -0.39 is 35.6 Å². The van der Waals surface area contributed by atoms with E-state index in [2.05, 4.69) is 11.7 Å². The summed E-state index contributed by atoms with van der Waals surface area (Å²) in [7, 11) is -0.195. The molecular weight excluding hydrogens is 260 g/mol. The van der Waals surface area contributed by atoms with Gasteiger partial charge in [-0.2, -0.15) is 0 Å². The predicted molar refractivity (Wildman–Crippen MR) is 67.9 cm³/mol. The van der Waals surface area contributed by atoms with E-state index >= 15 is 0 Å². The number of benzene rings is 1. The van der Waals surface area contributed by atoms with Crippen LogP contribution in [0.5, 0.6) is 0 Å². The minimum Gasteiger partial charge on any atom is -0.374 e. The first-order chi connectivity index (χ1) is 8.67. The fraction of sp³-hybridized carbons (Fsp3) is 0.417. The highest BCUT2D eigenvalue weighted by molar-refractivity contribution is 7.84. The van der Waals surface area contributed by atoms with Crippen LogP contribution in [0.4, 0.5) is 8.78 Å². The molecule has 0 radical (unpaired) electrons. The summed E-state index contributed by atoms with van der Waals surface area (Å²) in [4.78, 5) is 4.05. The molecule has 100 valence electrons. The van der Waals surface area contributed by atoms with E-state index in [1.807, 2.05) is 0 Å². The van der Waals surface area contributed by atoms with Gasteiger partial charge in [-0.25, -0.2) is 8.78 Å². The molecule has 0 bridgehead atoms. The lowest BCUT2D eigenvalue weighted by molar-refractivity contribution is 0.0731. The zero-order valence-electron chi connectivity index (χ0n) is 10.0. The van der Waals surface area contributed by atoms with Gasteiger partial charge in [-0.15, -0.1) is 0 Å². The third-order valence-electron chi connectivity index (χ3n) is 2.57. The van der Waals surface area contributed by atoms with Crippen LogP contribution in [0.15, 0.2) is 34.2 Å². The lowest BCUT2D eigenvalue weighted by Crippen LogP contribution is -2.20. The van der Waals surface area contributed by atoms with Crippen LogP contribution in [0.25, 0.3) is 0 Å². The highest BCUT2D eigenvalue weighted by Gasteiger charge is 2.21. The van der Waals surface area contributed by atoms with Crippen LogP contribution in [0, 0.1) is 0 Å². The summed E-state index contributed by atoms with van der Waals surface area (Å²) in [6, 6.07) is 4.72. The van der Waals surface area contributed by atoms with Gasteiger partial charge in [0.1, 0.15) is 18.8 Å². The predicted octanol–water partition coefficient (Wildman–Crippen LogP) is 2.45. The number of aliphatic imine (C=N–C) groups is 1. The standard InChI is InChI=1S/C12H15F2NO2S/c1-15-11(7-13)12(17-2)9-3-5-10(6-4-9)18(16)8-14/h3-6,11-12H,1,7-8H2,2H3/t11-,12-,18?/m1/s1. The molecule has 3 nitrogen and oxygen atoms in total. The molecular formula is C12H15F2NO2S. The fourth-order valence-corrected chi connectivity index (χ4v) is 2.18. The zero-order valence-corrected chi connectivity index (χ0v) is 10.8. The maximum atomic E-state index is 12.7. The molecule has 0 fully saturated rings. The minimum absolute atomic E-state index is 0.388. The van der Waals surface area contributed by atoms with Crippen molar-refractivity contribution in [3.8, 4) is 0 Å². The van der Waals surface area contributed by atoms with E-state index in [1.165, 1.54) is 19.2 Å². The largest absolute Gasteiger partial charge is 0.374 e. The van der Waals surface area contributed by atoms with Crippen molar-refractivity contribution >= 4 is 17.5 Å². The molecule has 1 aromatic rings. The van der Waals surface area contributed by atoms with Crippen LogP contribution in [-0.4, -0.2) is 36.8 Å². The molecule has 6 heteroatoms. The summed E-state index contributed by atoms with van der Waals surface area (Å²) in [5.74, 6) is 0. The third-order valence-corrected chi connectivity index (χ3v) is 3.56. The Hall–Kier alpha value is -1.14. The summed E-state index contributed by atoms with van der Waals surface area (Å²) < 4.78 is 41.4. The van der Waals surface area contributed by atoms with Gasteiger partial charge < -0.3 is 4.74 Å². The van der Waals surface area contributed by atoms with Crippen LogP contribution < -0.4 is 0 Å². The van der Waals surface area contributed by atoms with Crippen LogP contribution in [-0.2, 0) is 15.5 Å². The number of nitrogens with zero attached hydrogens (tertiary/aromatic N) is 1. The second-order valence-electron chi connectivity index (χ2n) is 3.58. The molecule has 1 unspecified atom stereocenters. The Kier molecular flexibility index (Phi) is 6.07. The molecule has 0 heterocycles. The van der Waals surface area contributed by atoms with Crippen molar-refractivity contribution in [2.24, 2.45) is 4.99 Å². The van der Waals surface area contributed by atoms with E-state index in [0.29, 0.717) is 10.5 Å². The third kappa shape index (κ3) is 3.43. The Labute approximate surface area is 107 Å². The molecule has 1 aromatic carbocycles. The zero-order chi connectivity index (χ0) is 13.5. The normalized spacial score (nSPS) is 15.9. The minimum atomic E-state index is -1.65. The van der Waals surface area contributed by atoms with Crippen LogP contribution in [0.2, 0.25) is 0 Å². The number of methoxy groups -OCH3 is 1. The van der Waals surface area contributed by atoms with Crippen molar-refractivity contribution in [3.05, 3.63) is 29.8 Å². The molecule has 0 aliphatic heterocycles. The lowest BCUT2D eigenvalue weighted by atomic mass is 10.0. The summed E-state index contributed by atoms with van der Waals surface area (Å²) in [5.41, 5.74) is 0.687. The summed E-state index contributed by atoms with van der Waals surface area (Å²) in [6.07, 6.45) is -0.555. The van der Waals surface area contributed by atoms with Gasteiger partial charge in [-0.1, -0.05) is 12.1 Å². The average Bonchev–Trinajstić information content (AvgIpc) is 2.44. The first kappa shape index (κ1) is 14.9. The van der Waals surface area contributed by atoms with Crippen LogP contribution in [0.3, 0.4) is 0 Å². The van der Waals surface area contributed by atoms with Crippen molar-refractivity contribution in [1.29, 1.82) is 0 Å². The quantitative estimate of drug-likeness (QED) is 0.717. The van der Waals surface area contributed by atoms with Crippen molar-refractivity contribution in [2.75, 3.05) is 19.8 Å². The maximum absolute atomic E-state index is 12.7. The Morgan fingerprint density at radius 1 is 1.39 bits per heavy atom. The van der Waals surface area contributed by atoms with Gasteiger partial charge in [-0.3, -0.25) is 9.20 Å². The molecule has 0 aliphatic rings. The van der Waals surface area contributed by atoms with Gasteiger partial charge in [0.15, 0.2) is 6.01 Å². The topological polar surface area (TPSA) is 38.7 Å². The number of ether oxygens (including phenoxy) is 1. The number of hydrogen-bond acceptors (Lipinski definition) is 3. The average molecular weight is 275 g/mol. The van der Waals surface area contributed by atoms with E-state index in [9.17, 15) is 13.0 Å². The van der Waals surface area contributed by atoms with E-state index in [-0.39, 0.29) is 0 Å². The van der Waals surface area contributed by atoms with Crippen molar-refractivity contribution in [3.63, 3.8) is 0 Å². The van der Waals surface area contributed by atoms with Crippen LogP contribution >= 0.6 is 0 Å². The number of hydrogen-bond donors (Lipinski definition) is 0. The molecule has 0 spiro atoms. The molecule has 1 rings (SSSR count). The van der Waals surface area contributed by atoms with Gasteiger partial charge in [-0.05, 0) is 24.4 Å². The van der Waals surface area contributed by atoms with Crippen molar-refractivity contribution in [1.82, 2.24) is 0 Å².